The van der Waals surface area contributed by atoms with Gasteiger partial charge in [0, 0.05) is 30.4 Å². The Labute approximate surface area is 182 Å². The topological polar surface area (TPSA) is 69.3 Å². The van der Waals surface area contributed by atoms with Crippen LogP contribution < -0.4 is 16.2 Å². The normalized spacial score (nSPS) is 28.4. The van der Waals surface area contributed by atoms with Crippen molar-refractivity contribution in [2.75, 3.05) is 18.4 Å². The molecular weight excluding hydrogens is 393 g/mol. The molecule has 2 aliphatic heterocycles. The summed E-state index contributed by atoms with van der Waals surface area (Å²) in [6.45, 7) is 3.32. The summed E-state index contributed by atoms with van der Waals surface area (Å²) in [5.41, 5.74) is 9.53. The van der Waals surface area contributed by atoms with E-state index in [2.05, 4.69) is 38.2 Å². The van der Waals surface area contributed by atoms with Gasteiger partial charge < -0.3 is 5.32 Å². The minimum absolute atomic E-state index is 0.0229. The summed E-state index contributed by atoms with van der Waals surface area (Å²) in [5, 5.41) is 3.07. The van der Waals surface area contributed by atoms with Crippen LogP contribution in [0.1, 0.15) is 49.1 Å². The zero-order valence-electron chi connectivity index (χ0n) is 17.7. The van der Waals surface area contributed by atoms with Crippen LogP contribution in [0.15, 0.2) is 42.7 Å². The number of hydrazine groups is 1. The number of amides is 1. The van der Waals surface area contributed by atoms with Crippen LogP contribution in [0.3, 0.4) is 0 Å². The number of likely N-dealkylation sites (tertiary alicyclic amines) is 1. The van der Waals surface area contributed by atoms with Gasteiger partial charge >= 0.3 is 0 Å². The van der Waals surface area contributed by atoms with E-state index in [1.54, 1.807) is 12.3 Å². The van der Waals surface area contributed by atoms with Crippen molar-refractivity contribution in [3.63, 3.8) is 0 Å². The summed E-state index contributed by atoms with van der Waals surface area (Å²) in [4.78, 5) is 19.5. The Hall–Kier alpha value is -2.35. The maximum absolute atomic E-state index is 13.6. The molecular formula is C24H30FN5O. The molecule has 1 aromatic carbocycles. The average Bonchev–Trinajstić information content (AvgIpc) is 3.44. The second kappa shape index (κ2) is 9.02. The standard InChI is InChI=1S/C24H30FN5O/c25-19-11-18(13-26-14-19)17-5-8-22-21(12-17)23(29-28-22)24(31)27-20-6-3-16(4-7-20)15-30-9-1-2-10-30/h3-4,6-7,11,13-14,17,21-23,28-29H,1-2,5,8-10,12,15H2,(H,27,31). The third-order valence-electron chi connectivity index (χ3n) is 7.06. The van der Waals surface area contributed by atoms with Crippen molar-refractivity contribution < 1.29 is 9.18 Å². The van der Waals surface area contributed by atoms with Gasteiger partial charge in [-0.25, -0.2) is 9.82 Å². The first-order valence-corrected chi connectivity index (χ1v) is 11.4. The number of nitrogens with zero attached hydrogens (tertiary/aromatic N) is 2. The first kappa shape index (κ1) is 20.5. The molecule has 3 heterocycles. The summed E-state index contributed by atoms with van der Waals surface area (Å²) >= 11 is 0. The Morgan fingerprint density at radius 3 is 2.71 bits per heavy atom. The highest BCUT2D eigenvalue weighted by Crippen LogP contribution is 2.39. The number of carbonyl (C=O) groups excluding carboxylic acids is 1. The van der Waals surface area contributed by atoms with Gasteiger partial charge in [0.15, 0.2) is 0 Å². The number of carbonyl (C=O) groups is 1. The van der Waals surface area contributed by atoms with Crippen LogP contribution in [0.4, 0.5) is 10.1 Å². The maximum Gasteiger partial charge on any atom is 0.243 e. The number of nitrogens with one attached hydrogen (secondary N) is 3. The zero-order chi connectivity index (χ0) is 21.2. The predicted octanol–water partition coefficient (Wildman–Crippen LogP) is 3.18. The molecule has 0 spiro atoms. The highest BCUT2D eigenvalue weighted by molar-refractivity contribution is 5.95. The fourth-order valence-corrected chi connectivity index (χ4v) is 5.38. The molecule has 1 aliphatic carbocycles. The van der Waals surface area contributed by atoms with Gasteiger partial charge in [-0.15, -0.1) is 0 Å². The molecule has 1 aromatic heterocycles. The predicted molar refractivity (Wildman–Crippen MR) is 118 cm³/mol. The van der Waals surface area contributed by atoms with Gasteiger partial charge in [0.1, 0.15) is 11.9 Å². The summed E-state index contributed by atoms with van der Waals surface area (Å²) in [7, 11) is 0. The molecule has 1 saturated carbocycles. The van der Waals surface area contributed by atoms with Gasteiger partial charge in [0.05, 0.1) is 6.20 Å². The molecule has 3 fully saturated rings. The molecule has 2 aromatic rings. The largest absolute Gasteiger partial charge is 0.325 e. The number of hydrogen-bond donors (Lipinski definition) is 3. The summed E-state index contributed by atoms with van der Waals surface area (Å²) in [5.74, 6) is 0.0675. The van der Waals surface area contributed by atoms with E-state index in [1.165, 1.54) is 37.7 Å². The Morgan fingerprint density at radius 1 is 1.13 bits per heavy atom. The van der Waals surface area contributed by atoms with Gasteiger partial charge in [-0.05, 0) is 80.4 Å². The lowest BCUT2D eigenvalue weighted by atomic mass is 9.73. The molecule has 1 amide bonds. The highest BCUT2D eigenvalue weighted by Gasteiger charge is 2.43. The van der Waals surface area contributed by atoms with Crippen LogP contribution in [0.2, 0.25) is 0 Å². The molecule has 0 radical (unpaired) electrons. The SMILES string of the molecule is O=C(Nc1ccc(CN2CCCC2)cc1)C1NNC2CCC(c3cncc(F)c3)CC21. The van der Waals surface area contributed by atoms with E-state index >= 15 is 0 Å². The summed E-state index contributed by atoms with van der Waals surface area (Å²) in [6.07, 6.45) is 8.32. The molecule has 2 saturated heterocycles. The van der Waals surface area contributed by atoms with Gasteiger partial charge in [0.25, 0.3) is 0 Å². The average molecular weight is 424 g/mol. The minimum atomic E-state index is -0.307. The number of fused-ring (bicyclic) bond motifs is 1. The van der Waals surface area contributed by atoms with Crippen LogP contribution in [-0.2, 0) is 11.3 Å². The van der Waals surface area contributed by atoms with E-state index in [-0.39, 0.29) is 35.6 Å². The number of benzene rings is 1. The lowest BCUT2D eigenvalue weighted by molar-refractivity contribution is -0.119. The Bertz CT molecular complexity index is 914. The van der Waals surface area contributed by atoms with E-state index in [4.69, 9.17) is 0 Å². The minimum Gasteiger partial charge on any atom is -0.325 e. The number of aromatic nitrogens is 1. The van der Waals surface area contributed by atoms with E-state index in [0.717, 1.165) is 37.1 Å². The van der Waals surface area contributed by atoms with Gasteiger partial charge in [-0.3, -0.25) is 20.1 Å². The van der Waals surface area contributed by atoms with Crippen molar-refractivity contribution in [1.82, 2.24) is 20.7 Å². The fourth-order valence-electron chi connectivity index (χ4n) is 5.38. The van der Waals surface area contributed by atoms with Crippen LogP contribution in [-0.4, -0.2) is 41.0 Å². The van der Waals surface area contributed by atoms with Crippen molar-refractivity contribution in [1.29, 1.82) is 0 Å². The molecule has 0 bridgehead atoms. The number of rotatable bonds is 5. The monoisotopic (exact) mass is 423 g/mol. The van der Waals surface area contributed by atoms with Crippen molar-refractivity contribution in [3.05, 3.63) is 59.7 Å². The zero-order valence-corrected chi connectivity index (χ0v) is 17.7. The lowest BCUT2D eigenvalue weighted by Crippen LogP contribution is -2.42. The number of halogens is 1. The van der Waals surface area contributed by atoms with Gasteiger partial charge in [-0.2, -0.15) is 0 Å². The fraction of sp³-hybridized carbons (Fsp3) is 0.500. The van der Waals surface area contributed by atoms with Crippen molar-refractivity contribution in [3.8, 4) is 0 Å². The first-order valence-electron chi connectivity index (χ1n) is 11.4. The molecule has 5 rings (SSSR count). The van der Waals surface area contributed by atoms with Crippen molar-refractivity contribution in [2.45, 2.75) is 56.7 Å². The van der Waals surface area contributed by atoms with Gasteiger partial charge in [-0.1, -0.05) is 12.1 Å². The number of pyridine rings is 1. The van der Waals surface area contributed by atoms with E-state index < -0.39 is 0 Å². The smallest absolute Gasteiger partial charge is 0.243 e. The van der Waals surface area contributed by atoms with E-state index in [0.29, 0.717) is 0 Å². The third kappa shape index (κ3) is 4.63. The maximum atomic E-state index is 13.6. The van der Waals surface area contributed by atoms with Gasteiger partial charge in [0.2, 0.25) is 5.91 Å². The quantitative estimate of drug-likeness (QED) is 0.689. The Kier molecular flexibility index (Phi) is 5.98. The number of hydrogen-bond acceptors (Lipinski definition) is 5. The first-order chi connectivity index (χ1) is 15.2. The molecule has 31 heavy (non-hydrogen) atoms. The second-order valence-electron chi connectivity index (χ2n) is 9.15. The molecule has 3 N–H and O–H groups in total. The molecule has 3 aliphatic rings. The lowest BCUT2D eigenvalue weighted by Gasteiger charge is -2.32. The molecule has 164 valence electrons. The van der Waals surface area contributed by atoms with Crippen LogP contribution in [0, 0.1) is 11.7 Å². The molecule has 4 atom stereocenters. The number of anilines is 1. The third-order valence-corrected chi connectivity index (χ3v) is 7.06. The summed E-state index contributed by atoms with van der Waals surface area (Å²) < 4.78 is 13.6. The molecule has 4 unspecified atom stereocenters. The second-order valence-corrected chi connectivity index (χ2v) is 9.15. The van der Waals surface area contributed by atoms with Crippen LogP contribution in [0.25, 0.3) is 0 Å². The van der Waals surface area contributed by atoms with E-state index in [1.807, 2.05) is 12.1 Å². The van der Waals surface area contributed by atoms with Crippen LogP contribution >= 0.6 is 0 Å². The Morgan fingerprint density at radius 2 is 1.94 bits per heavy atom. The van der Waals surface area contributed by atoms with Crippen LogP contribution in [0.5, 0.6) is 0 Å². The summed E-state index contributed by atoms with van der Waals surface area (Å²) in [6, 6.07) is 9.72. The molecule has 7 heteroatoms. The van der Waals surface area contributed by atoms with Crippen molar-refractivity contribution in [2.24, 2.45) is 5.92 Å². The van der Waals surface area contributed by atoms with E-state index in [9.17, 15) is 9.18 Å². The molecule has 6 nitrogen and oxygen atoms in total. The Balaban J connectivity index is 1.21. The van der Waals surface area contributed by atoms with Crippen molar-refractivity contribution >= 4 is 11.6 Å². The highest BCUT2D eigenvalue weighted by atomic mass is 19.1.